The summed E-state index contributed by atoms with van der Waals surface area (Å²) in [5, 5.41) is 10.3. The zero-order valence-corrected chi connectivity index (χ0v) is 21.0. The molecular weight excluding hydrogens is 482 g/mol. The van der Waals surface area contributed by atoms with Crippen LogP contribution in [0.2, 0.25) is 0 Å². The molecule has 4 aromatic rings. The van der Waals surface area contributed by atoms with Gasteiger partial charge in [-0.1, -0.05) is 90.1 Å². The molecule has 6 nitrogen and oxygen atoms in total. The van der Waals surface area contributed by atoms with Crippen molar-refractivity contribution in [3.63, 3.8) is 0 Å². The van der Waals surface area contributed by atoms with Gasteiger partial charge in [-0.3, -0.25) is 4.79 Å². The zero-order chi connectivity index (χ0) is 25.5. The number of ether oxygens (including phenoxy) is 1. The molecule has 0 saturated heterocycles. The van der Waals surface area contributed by atoms with E-state index in [0.29, 0.717) is 11.5 Å². The minimum Gasteiger partial charge on any atom is -0.456 e. The molecule has 184 valence electrons. The van der Waals surface area contributed by atoms with E-state index in [1.54, 1.807) is 17.6 Å². The SMILES string of the molecule is C/C(=N\OCC(=O)N/N=C\C1=C(c2ccccc2)Oc2ccccc2[C@H]1c1ccccc1)c1cccs1. The molecule has 0 fully saturated rings. The van der Waals surface area contributed by atoms with Crippen molar-refractivity contribution in [2.45, 2.75) is 12.8 Å². The number of rotatable bonds is 8. The fourth-order valence-electron chi connectivity index (χ4n) is 4.16. The summed E-state index contributed by atoms with van der Waals surface area (Å²) < 4.78 is 6.40. The van der Waals surface area contributed by atoms with Crippen LogP contribution in [0.4, 0.5) is 0 Å². The third kappa shape index (κ3) is 5.68. The third-order valence-electron chi connectivity index (χ3n) is 5.85. The van der Waals surface area contributed by atoms with Gasteiger partial charge in [0.2, 0.25) is 0 Å². The molecule has 0 unspecified atom stereocenters. The maximum Gasteiger partial charge on any atom is 0.280 e. The summed E-state index contributed by atoms with van der Waals surface area (Å²) in [5.74, 6) is 0.952. The van der Waals surface area contributed by atoms with E-state index in [9.17, 15) is 4.79 Å². The second-order valence-electron chi connectivity index (χ2n) is 8.35. The van der Waals surface area contributed by atoms with Crippen molar-refractivity contribution in [3.05, 3.63) is 130 Å². The molecule has 0 spiro atoms. The molecule has 1 aliphatic heterocycles. The monoisotopic (exact) mass is 507 g/mol. The van der Waals surface area contributed by atoms with Gasteiger partial charge in [-0.25, -0.2) is 5.43 Å². The van der Waals surface area contributed by atoms with E-state index in [1.165, 1.54) is 0 Å². The number of carbonyl (C=O) groups is 1. The molecule has 5 rings (SSSR count). The quantitative estimate of drug-likeness (QED) is 0.227. The van der Waals surface area contributed by atoms with Crippen LogP contribution >= 0.6 is 11.3 Å². The average molecular weight is 508 g/mol. The van der Waals surface area contributed by atoms with Crippen molar-refractivity contribution < 1.29 is 14.4 Å². The van der Waals surface area contributed by atoms with Crippen molar-refractivity contribution in [2.24, 2.45) is 10.3 Å². The van der Waals surface area contributed by atoms with Gasteiger partial charge in [-0.15, -0.1) is 11.3 Å². The highest BCUT2D eigenvalue weighted by atomic mass is 32.1. The standard InChI is InChI=1S/C30H25N3O3S/c1-21(27-17-10-18-37-27)33-35-20-28(34)32-31-19-25-29(22-11-4-2-5-12-22)24-15-8-9-16-26(24)36-30(25)23-13-6-3-7-14-23/h2-19,29H,20H2,1H3,(H,32,34)/b31-19-,33-21+/t29-/m1/s1. The van der Waals surface area contributed by atoms with Crippen LogP contribution in [0.15, 0.2) is 118 Å². The van der Waals surface area contributed by atoms with Crippen molar-refractivity contribution in [2.75, 3.05) is 6.61 Å². The van der Waals surface area contributed by atoms with E-state index in [-0.39, 0.29) is 12.5 Å². The van der Waals surface area contributed by atoms with Gasteiger partial charge in [0.25, 0.3) is 5.91 Å². The first-order chi connectivity index (χ1) is 18.2. The van der Waals surface area contributed by atoms with Gasteiger partial charge in [-0.05, 0) is 30.0 Å². The van der Waals surface area contributed by atoms with Crippen molar-refractivity contribution in [3.8, 4) is 5.75 Å². The largest absolute Gasteiger partial charge is 0.456 e. The summed E-state index contributed by atoms with van der Waals surface area (Å²) in [7, 11) is 0. The smallest absolute Gasteiger partial charge is 0.280 e. The number of fused-ring (bicyclic) bond motifs is 1. The number of nitrogens with zero attached hydrogens (tertiary/aromatic N) is 2. The van der Waals surface area contributed by atoms with Gasteiger partial charge >= 0.3 is 0 Å². The van der Waals surface area contributed by atoms with Crippen molar-refractivity contribution >= 4 is 34.9 Å². The van der Waals surface area contributed by atoms with E-state index in [0.717, 1.165) is 32.9 Å². The first-order valence-corrected chi connectivity index (χ1v) is 12.7. The molecule has 2 heterocycles. The fourth-order valence-corrected chi connectivity index (χ4v) is 4.82. The predicted molar refractivity (Wildman–Crippen MR) is 148 cm³/mol. The molecule has 0 aliphatic carbocycles. The number of para-hydroxylation sites is 1. The normalized spacial score (nSPS) is 15.3. The summed E-state index contributed by atoms with van der Waals surface area (Å²) in [6.07, 6.45) is 1.66. The lowest BCUT2D eigenvalue weighted by Gasteiger charge is -2.29. The summed E-state index contributed by atoms with van der Waals surface area (Å²) in [6, 6.07) is 32.0. The molecule has 3 aromatic carbocycles. The molecule has 0 bridgehead atoms. The van der Waals surface area contributed by atoms with Crippen molar-refractivity contribution in [1.29, 1.82) is 0 Å². The van der Waals surface area contributed by atoms with Crippen LogP contribution in [0.25, 0.3) is 5.76 Å². The number of thiophene rings is 1. The predicted octanol–water partition coefficient (Wildman–Crippen LogP) is 6.23. The van der Waals surface area contributed by atoms with E-state index < -0.39 is 5.91 Å². The Kier molecular flexibility index (Phi) is 7.52. The lowest BCUT2D eigenvalue weighted by atomic mass is 9.82. The van der Waals surface area contributed by atoms with E-state index in [4.69, 9.17) is 9.57 Å². The second-order valence-corrected chi connectivity index (χ2v) is 9.30. The Hall–Kier alpha value is -4.49. The topological polar surface area (TPSA) is 72.3 Å². The number of carbonyl (C=O) groups excluding carboxylic acids is 1. The Bertz CT molecular complexity index is 1450. The number of nitrogens with one attached hydrogen (secondary N) is 1. The van der Waals surface area contributed by atoms with Gasteiger partial charge in [0.1, 0.15) is 11.5 Å². The number of oxime groups is 1. The molecule has 1 aromatic heterocycles. The number of hydrazone groups is 1. The number of amides is 1. The van der Waals surface area contributed by atoms with Gasteiger partial charge < -0.3 is 9.57 Å². The molecular formula is C30H25N3O3S. The highest BCUT2D eigenvalue weighted by molar-refractivity contribution is 7.12. The number of allylic oxidation sites excluding steroid dienone is 1. The van der Waals surface area contributed by atoms with Gasteiger partial charge in [0.05, 0.1) is 16.8 Å². The molecule has 1 aliphatic rings. The van der Waals surface area contributed by atoms with E-state index in [2.05, 4.69) is 33.9 Å². The Balaban J connectivity index is 1.41. The average Bonchev–Trinajstić information content (AvgIpc) is 3.49. The van der Waals surface area contributed by atoms with E-state index in [1.807, 2.05) is 91.2 Å². The molecule has 0 saturated carbocycles. The molecule has 0 radical (unpaired) electrons. The maximum atomic E-state index is 12.4. The van der Waals surface area contributed by atoms with Crippen LogP contribution in [-0.2, 0) is 9.63 Å². The number of hydrogen-bond donors (Lipinski definition) is 1. The molecule has 37 heavy (non-hydrogen) atoms. The van der Waals surface area contributed by atoms with Gasteiger partial charge in [0.15, 0.2) is 6.61 Å². The van der Waals surface area contributed by atoms with Crippen LogP contribution < -0.4 is 10.2 Å². The minimum absolute atomic E-state index is 0.128. The lowest BCUT2D eigenvalue weighted by Crippen LogP contribution is -2.23. The molecule has 1 N–H and O–H groups in total. The Morgan fingerprint density at radius 2 is 1.70 bits per heavy atom. The Morgan fingerprint density at radius 3 is 2.46 bits per heavy atom. The van der Waals surface area contributed by atoms with Gasteiger partial charge in [-0.2, -0.15) is 5.10 Å². The van der Waals surface area contributed by atoms with Crippen LogP contribution in [0, 0.1) is 0 Å². The summed E-state index contributed by atoms with van der Waals surface area (Å²) in [5.41, 5.74) is 7.16. The van der Waals surface area contributed by atoms with Crippen LogP contribution in [0.3, 0.4) is 0 Å². The fraction of sp³-hybridized carbons (Fsp3) is 0.100. The summed E-state index contributed by atoms with van der Waals surface area (Å²) >= 11 is 1.56. The third-order valence-corrected chi connectivity index (χ3v) is 6.83. The molecule has 7 heteroatoms. The van der Waals surface area contributed by atoms with Crippen LogP contribution in [0.5, 0.6) is 5.75 Å². The molecule has 1 amide bonds. The zero-order valence-electron chi connectivity index (χ0n) is 20.2. The second kappa shape index (κ2) is 11.5. The minimum atomic E-state index is -0.408. The van der Waals surface area contributed by atoms with Crippen LogP contribution in [0.1, 0.15) is 34.4 Å². The first kappa shape index (κ1) is 24.2. The summed E-state index contributed by atoms with van der Waals surface area (Å²) in [6.45, 7) is 1.59. The lowest BCUT2D eigenvalue weighted by molar-refractivity contribution is -0.125. The van der Waals surface area contributed by atoms with Crippen LogP contribution in [-0.4, -0.2) is 24.4 Å². The van der Waals surface area contributed by atoms with E-state index >= 15 is 0 Å². The van der Waals surface area contributed by atoms with Gasteiger partial charge in [0, 0.05) is 22.6 Å². The number of benzene rings is 3. The highest BCUT2D eigenvalue weighted by Crippen LogP contribution is 2.44. The first-order valence-electron chi connectivity index (χ1n) is 11.8. The number of hydrogen-bond acceptors (Lipinski definition) is 6. The highest BCUT2D eigenvalue weighted by Gasteiger charge is 2.30. The summed E-state index contributed by atoms with van der Waals surface area (Å²) in [4.78, 5) is 18.6. The maximum absolute atomic E-state index is 12.4. The molecule has 1 atom stereocenters. The van der Waals surface area contributed by atoms with Crippen molar-refractivity contribution in [1.82, 2.24) is 5.43 Å². The Morgan fingerprint density at radius 1 is 0.973 bits per heavy atom. The Labute approximate surface area is 219 Å².